The van der Waals surface area contributed by atoms with Crippen molar-refractivity contribution in [3.05, 3.63) is 45.0 Å². The van der Waals surface area contributed by atoms with E-state index in [0.29, 0.717) is 19.2 Å². The molecule has 1 saturated heterocycles. The van der Waals surface area contributed by atoms with Gasteiger partial charge in [-0.25, -0.2) is 4.68 Å². The number of fused-ring (bicyclic) bond motifs is 2. The fourth-order valence-electron chi connectivity index (χ4n) is 4.67. The molecule has 1 N–H and O–H groups in total. The zero-order valence-corrected chi connectivity index (χ0v) is 18.7. The lowest BCUT2D eigenvalue weighted by molar-refractivity contribution is 0.109. The van der Waals surface area contributed by atoms with Crippen LogP contribution < -0.4 is 10.9 Å². The molecule has 0 saturated carbocycles. The minimum atomic E-state index is 0.0273. The number of thioether (sulfide) groups is 1. The van der Waals surface area contributed by atoms with Crippen molar-refractivity contribution < 1.29 is 4.74 Å². The van der Waals surface area contributed by atoms with E-state index in [4.69, 9.17) is 4.74 Å². The molecule has 3 aliphatic heterocycles. The Kier molecular flexibility index (Phi) is 6.52. The van der Waals surface area contributed by atoms with Gasteiger partial charge in [0.2, 0.25) is 0 Å². The van der Waals surface area contributed by atoms with Crippen LogP contribution >= 0.6 is 11.8 Å². The summed E-state index contributed by atoms with van der Waals surface area (Å²) in [5.74, 6) is 2.83. The fraction of sp³-hybridized carbons (Fsp3) is 0.636. The topological polar surface area (TPSA) is 85.2 Å². The monoisotopic (exact) mass is 442 g/mol. The van der Waals surface area contributed by atoms with Crippen molar-refractivity contribution in [2.75, 3.05) is 37.3 Å². The Balaban J connectivity index is 1.20. The highest BCUT2D eigenvalue weighted by molar-refractivity contribution is 7.98. The maximum absolute atomic E-state index is 12.5. The van der Waals surface area contributed by atoms with Gasteiger partial charge in [-0.05, 0) is 36.8 Å². The van der Waals surface area contributed by atoms with E-state index in [1.807, 2.05) is 11.8 Å². The maximum atomic E-state index is 12.5. The Hall–Kier alpha value is -1.97. The third-order valence-corrected chi connectivity index (χ3v) is 7.48. The molecule has 0 amide bonds. The van der Waals surface area contributed by atoms with E-state index in [0.717, 1.165) is 85.3 Å². The summed E-state index contributed by atoms with van der Waals surface area (Å²) in [6, 6.07) is 4.29. The number of aryl methyl sites for hydroxylation is 1. The third-order valence-electron chi connectivity index (χ3n) is 6.47. The average Bonchev–Trinajstić information content (AvgIpc) is 2.82. The van der Waals surface area contributed by atoms with E-state index in [1.54, 1.807) is 10.7 Å². The number of likely N-dealkylation sites (tertiary alicyclic amines) is 1. The fourth-order valence-corrected chi connectivity index (χ4v) is 5.62. The highest BCUT2D eigenvalue weighted by Crippen LogP contribution is 2.22. The first-order valence-corrected chi connectivity index (χ1v) is 12.5. The van der Waals surface area contributed by atoms with Gasteiger partial charge in [-0.2, -0.15) is 22.0 Å². The predicted molar refractivity (Wildman–Crippen MR) is 121 cm³/mol. The molecule has 2 aromatic heterocycles. The van der Waals surface area contributed by atoms with Crippen LogP contribution in [0, 0.1) is 0 Å². The molecule has 0 bridgehead atoms. The Morgan fingerprint density at radius 3 is 3.06 bits per heavy atom. The molecule has 0 radical (unpaired) electrons. The Morgan fingerprint density at radius 2 is 2.10 bits per heavy atom. The first-order chi connectivity index (χ1) is 15.3. The zero-order valence-electron chi connectivity index (χ0n) is 17.9. The van der Waals surface area contributed by atoms with Crippen molar-refractivity contribution >= 4 is 17.6 Å². The number of aromatic nitrogens is 4. The van der Waals surface area contributed by atoms with Gasteiger partial charge in [-0.1, -0.05) is 6.42 Å². The maximum Gasteiger partial charge on any atom is 0.267 e. The summed E-state index contributed by atoms with van der Waals surface area (Å²) in [6.07, 6.45) is 5.40. The van der Waals surface area contributed by atoms with E-state index in [-0.39, 0.29) is 5.56 Å². The van der Waals surface area contributed by atoms with E-state index in [9.17, 15) is 4.79 Å². The molecule has 8 nitrogen and oxygen atoms in total. The van der Waals surface area contributed by atoms with Gasteiger partial charge in [0.05, 0.1) is 31.1 Å². The van der Waals surface area contributed by atoms with Crippen LogP contribution in [0.2, 0.25) is 0 Å². The molecule has 31 heavy (non-hydrogen) atoms. The first-order valence-electron chi connectivity index (χ1n) is 11.3. The van der Waals surface area contributed by atoms with Crippen molar-refractivity contribution in [2.45, 2.75) is 57.1 Å². The standard InChI is InChI=1S/C22H30N6O2S/c29-22-12-17-15-31-10-5-20(17)26-28(22)8-7-27-6-2-1-3-18(27)13-23-21-11-16-14-30-9-4-19(16)24-25-21/h11-12,18H,1-10,13-15H2,(H,23,25). The molecule has 166 valence electrons. The number of anilines is 1. The summed E-state index contributed by atoms with van der Waals surface area (Å²) in [4.78, 5) is 15.0. The van der Waals surface area contributed by atoms with Crippen LogP contribution in [-0.2, 0) is 36.5 Å². The minimum Gasteiger partial charge on any atom is -0.376 e. The van der Waals surface area contributed by atoms with Crippen molar-refractivity contribution in [3.8, 4) is 0 Å². The van der Waals surface area contributed by atoms with Crippen LogP contribution in [0.5, 0.6) is 0 Å². The molecule has 1 fully saturated rings. The zero-order chi connectivity index (χ0) is 21.0. The van der Waals surface area contributed by atoms with Crippen LogP contribution in [0.3, 0.4) is 0 Å². The first kappa shape index (κ1) is 20.9. The molecule has 9 heteroatoms. The highest BCUT2D eigenvalue weighted by atomic mass is 32.2. The van der Waals surface area contributed by atoms with Crippen molar-refractivity contribution in [1.29, 1.82) is 0 Å². The summed E-state index contributed by atoms with van der Waals surface area (Å²) in [7, 11) is 0. The summed E-state index contributed by atoms with van der Waals surface area (Å²) in [5.41, 5.74) is 4.44. The van der Waals surface area contributed by atoms with Crippen LogP contribution in [0.1, 0.15) is 41.8 Å². The number of nitrogens with one attached hydrogen (secondary N) is 1. The molecular weight excluding hydrogens is 412 g/mol. The summed E-state index contributed by atoms with van der Waals surface area (Å²) in [6.45, 7) is 4.73. The van der Waals surface area contributed by atoms with Gasteiger partial charge in [0, 0.05) is 49.4 Å². The van der Waals surface area contributed by atoms with E-state index < -0.39 is 0 Å². The van der Waals surface area contributed by atoms with Gasteiger partial charge < -0.3 is 10.1 Å². The van der Waals surface area contributed by atoms with Gasteiger partial charge in [-0.15, -0.1) is 5.10 Å². The second kappa shape index (κ2) is 9.67. The second-order valence-corrected chi connectivity index (χ2v) is 9.66. The van der Waals surface area contributed by atoms with Gasteiger partial charge in [0.25, 0.3) is 5.56 Å². The van der Waals surface area contributed by atoms with E-state index in [1.165, 1.54) is 12.8 Å². The summed E-state index contributed by atoms with van der Waals surface area (Å²) in [5, 5.41) is 16.9. The Bertz CT molecular complexity index is 981. The smallest absolute Gasteiger partial charge is 0.267 e. The van der Waals surface area contributed by atoms with Crippen LogP contribution in [-0.4, -0.2) is 62.9 Å². The van der Waals surface area contributed by atoms with E-state index >= 15 is 0 Å². The molecule has 0 spiro atoms. The number of hydrogen-bond acceptors (Lipinski definition) is 8. The van der Waals surface area contributed by atoms with Crippen LogP contribution in [0.25, 0.3) is 0 Å². The quantitative estimate of drug-likeness (QED) is 0.726. The molecule has 5 rings (SSSR count). The molecule has 2 aromatic rings. The molecule has 5 heterocycles. The van der Waals surface area contributed by atoms with Gasteiger partial charge in [0.15, 0.2) is 0 Å². The number of ether oxygens (including phenoxy) is 1. The number of piperidine rings is 1. The molecular formula is C22H30N6O2S. The second-order valence-electron chi connectivity index (χ2n) is 8.55. The van der Waals surface area contributed by atoms with Crippen LogP contribution in [0.4, 0.5) is 5.82 Å². The van der Waals surface area contributed by atoms with Crippen molar-refractivity contribution in [2.24, 2.45) is 0 Å². The van der Waals surface area contributed by atoms with Crippen molar-refractivity contribution in [3.63, 3.8) is 0 Å². The molecule has 1 unspecified atom stereocenters. The third kappa shape index (κ3) is 4.94. The highest BCUT2D eigenvalue weighted by Gasteiger charge is 2.23. The van der Waals surface area contributed by atoms with Gasteiger partial charge >= 0.3 is 0 Å². The minimum absolute atomic E-state index is 0.0273. The number of hydrogen-bond donors (Lipinski definition) is 1. The largest absolute Gasteiger partial charge is 0.376 e. The Morgan fingerprint density at radius 1 is 1.13 bits per heavy atom. The predicted octanol–water partition coefficient (Wildman–Crippen LogP) is 1.86. The van der Waals surface area contributed by atoms with Gasteiger partial charge in [-0.3, -0.25) is 9.69 Å². The Labute approximate surface area is 186 Å². The number of nitrogens with zero attached hydrogens (tertiary/aromatic N) is 5. The summed E-state index contributed by atoms with van der Waals surface area (Å²) < 4.78 is 7.21. The van der Waals surface area contributed by atoms with E-state index in [2.05, 4.69) is 31.6 Å². The molecule has 0 aliphatic carbocycles. The molecule has 1 atom stereocenters. The number of rotatable bonds is 6. The molecule has 0 aromatic carbocycles. The van der Waals surface area contributed by atoms with Gasteiger partial charge in [0.1, 0.15) is 5.82 Å². The average molecular weight is 443 g/mol. The lowest BCUT2D eigenvalue weighted by Crippen LogP contribution is -2.46. The lowest BCUT2D eigenvalue weighted by atomic mass is 10.0. The SMILES string of the molecule is O=c1cc2c(nn1CCN1CCCCC1CNc1cc3c(nn1)CCOC3)CCSC2. The molecule has 3 aliphatic rings. The lowest BCUT2D eigenvalue weighted by Gasteiger charge is -2.36. The van der Waals surface area contributed by atoms with Crippen molar-refractivity contribution in [1.82, 2.24) is 24.9 Å². The van der Waals surface area contributed by atoms with Crippen LogP contribution in [0.15, 0.2) is 16.9 Å². The normalized spacial score (nSPS) is 21.4. The summed E-state index contributed by atoms with van der Waals surface area (Å²) >= 11 is 1.88.